The molecule has 2 unspecified atom stereocenters. The second-order valence-electron chi connectivity index (χ2n) is 8.59. The quantitative estimate of drug-likeness (QED) is 0.670. The summed E-state index contributed by atoms with van der Waals surface area (Å²) >= 11 is 0. The summed E-state index contributed by atoms with van der Waals surface area (Å²) in [7, 11) is 0. The van der Waals surface area contributed by atoms with Crippen molar-refractivity contribution in [1.29, 1.82) is 0 Å². The Morgan fingerprint density at radius 1 is 1.23 bits per heavy atom. The Balaban J connectivity index is 1.46. The molecule has 2 N–H and O–H groups in total. The van der Waals surface area contributed by atoms with Gasteiger partial charge in [0, 0.05) is 49.1 Å². The van der Waals surface area contributed by atoms with Crippen molar-refractivity contribution in [3.05, 3.63) is 54.5 Å². The third kappa shape index (κ3) is 4.13. The number of carbonyl (C=O) groups is 1. The van der Waals surface area contributed by atoms with Crippen LogP contribution in [0.3, 0.4) is 0 Å². The lowest BCUT2D eigenvalue weighted by Crippen LogP contribution is -2.51. The summed E-state index contributed by atoms with van der Waals surface area (Å²) in [6.45, 7) is 7.10. The molecule has 30 heavy (non-hydrogen) atoms. The molecule has 0 saturated carbocycles. The molecular formula is C24H30N4O2. The van der Waals surface area contributed by atoms with Gasteiger partial charge in [-0.2, -0.15) is 0 Å². The number of hydrogen-bond donors (Lipinski definition) is 1. The molecule has 4 rings (SSSR count). The predicted molar refractivity (Wildman–Crippen MR) is 119 cm³/mol. The van der Waals surface area contributed by atoms with E-state index in [9.17, 15) is 4.79 Å². The summed E-state index contributed by atoms with van der Waals surface area (Å²) in [6.07, 6.45) is 6.46. The van der Waals surface area contributed by atoms with Crippen molar-refractivity contribution < 1.29 is 9.53 Å². The number of piperidine rings is 1. The molecule has 0 spiro atoms. The molecule has 1 aromatic carbocycles. The first-order valence-electron chi connectivity index (χ1n) is 10.7. The number of urea groups is 1. The number of amides is 2. The Bertz CT molecular complexity index is 1030. The Labute approximate surface area is 177 Å². The number of hydrogen-bond acceptors (Lipinski definition) is 3. The number of primary amides is 1. The van der Waals surface area contributed by atoms with Crippen LogP contribution in [0, 0.1) is 12.8 Å². The molecule has 6 nitrogen and oxygen atoms in total. The molecule has 1 saturated heterocycles. The number of pyridine rings is 1. The summed E-state index contributed by atoms with van der Waals surface area (Å²) in [6, 6.07) is 12.2. The van der Waals surface area contributed by atoms with Crippen LogP contribution >= 0.6 is 0 Å². The first-order valence-corrected chi connectivity index (χ1v) is 10.7. The van der Waals surface area contributed by atoms with E-state index in [-0.39, 0.29) is 18.2 Å². The summed E-state index contributed by atoms with van der Waals surface area (Å²) in [5, 5.41) is 0. The zero-order chi connectivity index (χ0) is 21.3. The van der Waals surface area contributed by atoms with Crippen LogP contribution in [0.1, 0.15) is 38.8 Å². The van der Waals surface area contributed by atoms with Crippen LogP contribution in [0.5, 0.6) is 5.75 Å². The average molecular weight is 407 g/mol. The zero-order valence-electron chi connectivity index (χ0n) is 17.9. The summed E-state index contributed by atoms with van der Waals surface area (Å²) in [4.78, 5) is 17.9. The Kier molecular flexibility index (Phi) is 5.66. The second kappa shape index (κ2) is 8.38. The third-order valence-electron chi connectivity index (χ3n) is 5.98. The molecule has 2 atom stereocenters. The molecule has 1 aliphatic rings. The van der Waals surface area contributed by atoms with Gasteiger partial charge in [-0.05, 0) is 49.1 Å². The minimum atomic E-state index is -0.325. The van der Waals surface area contributed by atoms with Gasteiger partial charge in [0.1, 0.15) is 17.5 Å². The second-order valence-corrected chi connectivity index (χ2v) is 8.59. The number of aryl methyl sites for hydroxylation is 1. The van der Waals surface area contributed by atoms with Crippen LogP contribution in [-0.2, 0) is 0 Å². The maximum Gasteiger partial charge on any atom is 0.315 e. The highest BCUT2D eigenvalue weighted by Crippen LogP contribution is 2.29. The fraction of sp³-hybridized carbons (Fsp3) is 0.417. The fourth-order valence-electron chi connectivity index (χ4n) is 4.52. The SMILES string of the molecule is Cc1c(-c2ccc(OC3CCN(C(N)=O)C(CC(C)C)C3)cc2)ccc2nccn12. The Hall–Kier alpha value is -3.02. The topological polar surface area (TPSA) is 72.9 Å². The lowest BCUT2D eigenvalue weighted by Gasteiger charge is -2.39. The highest BCUT2D eigenvalue weighted by molar-refractivity contribution is 5.72. The maximum atomic E-state index is 11.8. The van der Waals surface area contributed by atoms with Crippen LogP contribution in [0.15, 0.2) is 48.8 Å². The maximum absolute atomic E-state index is 11.8. The van der Waals surface area contributed by atoms with E-state index >= 15 is 0 Å². The van der Waals surface area contributed by atoms with Crippen molar-refractivity contribution >= 4 is 11.7 Å². The Morgan fingerprint density at radius 3 is 2.70 bits per heavy atom. The van der Waals surface area contributed by atoms with Crippen LogP contribution in [-0.4, -0.2) is 39.0 Å². The first-order chi connectivity index (χ1) is 14.4. The molecule has 0 aliphatic carbocycles. The van der Waals surface area contributed by atoms with Crippen molar-refractivity contribution in [3.8, 4) is 16.9 Å². The monoisotopic (exact) mass is 406 g/mol. The van der Waals surface area contributed by atoms with E-state index in [4.69, 9.17) is 10.5 Å². The standard InChI is InChI=1S/C24H30N4O2/c1-16(2)14-19-15-21(10-12-28(19)24(25)29)30-20-6-4-18(5-7-20)22-8-9-23-26-11-13-27(23)17(22)3/h4-9,11,13,16,19,21H,10,12,14-15H2,1-3H3,(H2,25,29). The molecule has 158 valence electrons. The molecule has 1 aliphatic heterocycles. The summed E-state index contributed by atoms with van der Waals surface area (Å²) < 4.78 is 8.38. The number of likely N-dealkylation sites (tertiary alicyclic amines) is 1. The number of fused-ring (bicyclic) bond motifs is 1. The first kappa shape index (κ1) is 20.3. The average Bonchev–Trinajstić information content (AvgIpc) is 3.18. The van der Waals surface area contributed by atoms with E-state index in [2.05, 4.69) is 48.4 Å². The van der Waals surface area contributed by atoms with E-state index in [1.54, 1.807) is 4.90 Å². The third-order valence-corrected chi connectivity index (χ3v) is 5.98. The number of nitrogens with two attached hydrogens (primary N) is 1. The minimum Gasteiger partial charge on any atom is -0.490 e. The normalized spacial score (nSPS) is 19.4. The van der Waals surface area contributed by atoms with Gasteiger partial charge in [-0.1, -0.05) is 26.0 Å². The lowest BCUT2D eigenvalue weighted by atomic mass is 9.92. The largest absolute Gasteiger partial charge is 0.490 e. The van der Waals surface area contributed by atoms with E-state index in [1.165, 1.54) is 5.56 Å². The van der Waals surface area contributed by atoms with Gasteiger partial charge in [0.15, 0.2) is 0 Å². The van der Waals surface area contributed by atoms with Gasteiger partial charge in [0.05, 0.1) is 0 Å². The number of imidazole rings is 1. The highest BCUT2D eigenvalue weighted by atomic mass is 16.5. The number of rotatable bonds is 5. The van der Waals surface area contributed by atoms with Gasteiger partial charge in [-0.25, -0.2) is 9.78 Å². The van der Waals surface area contributed by atoms with Crippen molar-refractivity contribution in [2.75, 3.05) is 6.54 Å². The van der Waals surface area contributed by atoms with Gasteiger partial charge in [0.2, 0.25) is 0 Å². The van der Waals surface area contributed by atoms with Crippen LogP contribution in [0.4, 0.5) is 4.79 Å². The molecular weight excluding hydrogens is 376 g/mol. The molecule has 0 radical (unpaired) electrons. The van der Waals surface area contributed by atoms with Crippen LogP contribution in [0.25, 0.3) is 16.8 Å². The number of carbonyl (C=O) groups excluding carboxylic acids is 1. The van der Waals surface area contributed by atoms with Gasteiger partial charge in [-0.15, -0.1) is 0 Å². The summed E-state index contributed by atoms with van der Waals surface area (Å²) in [5.41, 5.74) is 10.0. The van der Waals surface area contributed by atoms with Gasteiger partial charge in [-0.3, -0.25) is 0 Å². The van der Waals surface area contributed by atoms with Crippen molar-refractivity contribution in [3.63, 3.8) is 0 Å². The van der Waals surface area contributed by atoms with E-state index < -0.39 is 0 Å². The molecule has 3 heterocycles. The minimum absolute atomic E-state index is 0.0965. The highest BCUT2D eigenvalue weighted by Gasteiger charge is 2.32. The van der Waals surface area contributed by atoms with Crippen molar-refractivity contribution in [1.82, 2.24) is 14.3 Å². The summed E-state index contributed by atoms with van der Waals surface area (Å²) in [5.74, 6) is 1.37. The predicted octanol–water partition coefficient (Wildman–Crippen LogP) is 4.65. The molecule has 2 aromatic heterocycles. The van der Waals surface area contributed by atoms with Crippen molar-refractivity contribution in [2.24, 2.45) is 11.7 Å². The lowest BCUT2D eigenvalue weighted by molar-refractivity contribution is 0.0685. The van der Waals surface area contributed by atoms with Crippen LogP contribution in [0.2, 0.25) is 0 Å². The molecule has 0 bridgehead atoms. The number of aromatic nitrogens is 2. The van der Waals surface area contributed by atoms with Crippen LogP contribution < -0.4 is 10.5 Å². The molecule has 6 heteroatoms. The molecule has 1 fully saturated rings. The number of benzene rings is 1. The van der Waals surface area contributed by atoms with E-state index in [0.29, 0.717) is 12.5 Å². The fourth-order valence-corrected chi connectivity index (χ4v) is 4.52. The van der Waals surface area contributed by atoms with E-state index in [0.717, 1.165) is 41.9 Å². The van der Waals surface area contributed by atoms with Gasteiger partial charge < -0.3 is 19.8 Å². The van der Waals surface area contributed by atoms with E-state index in [1.807, 2.05) is 30.6 Å². The zero-order valence-corrected chi connectivity index (χ0v) is 17.9. The molecule has 2 amide bonds. The van der Waals surface area contributed by atoms with Gasteiger partial charge in [0.25, 0.3) is 0 Å². The molecule has 3 aromatic rings. The number of nitrogens with zero attached hydrogens (tertiary/aromatic N) is 3. The van der Waals surface area contributed by atoms with Crippen molar-refractivity contribution in [2.45, 2.75) is 52.2 Å². The Morgan fingerprint density at radius 2 is 2.00 bits per heavy atom. The van der Waals surface area contributed by atoms with Gasteiger partial charge >= 0.3 is 6.03 Å². The smallest absolute Gasteiger partial charge is 0.315 e. The number of ether oxygens (including phenoxy) is 1.